The standard InChI is InChI=1S/C20H24N2O5S/c1-21-28(25,26)17-12-9-15(10-13-17)11-14-18(23)27-19(20(24)22(2)3)16-7-5-4-6-8-16/h4-10,12-13,19,21H,11,14H2,1-3H3. The van der Waals surface area contributed by atoms with E-state index in [9.17, 15) is 18.0 Å². The van der Waals surface area contributed by atoms with Gasteiger partial charge in [0, 0.05) is 26.1 Å². The van der Waals surface area contributed by atoms with E-state index in [2.05, 4.69) is 4.72 Å². The summed E-state index contributed by atoms with van der Waals surface area (Å²) < 4.78 is 31.2. The van der Waals surface area contributed by atoms with Crippen molar-refractivity contribution in [1.29, 1.82) is 0 Å². The smallest absolute Gasteiger partial charge is 0.307 e. The van der Waals surface area contributed by atoms with Crippen LogP contribution in [0.5, 0.6) is 0 Å². The number of amides is 1. The van der Waals surface area contributed by atoms with Gasteiger partial charge in [-0.05, 0) is 31.2 Å². The summed E-state index contributed by atoms with van der Waals surface area (Å²) in [4.78, 5) is 26.2. The van der Waals surface area contributed by atoms with Crippen molar-refractivity contribution in [3.63, 3.8) is 0 Å². The first-order valence-corrected chi connectivity index (χ1v) is 10.2. The highest BCUT2D eigenvalue weighted by molar-refractivity contribution is 7.89. The topological polar surface area (TPSA) is 92.8 Å². The largest absolute Gasteiger partial charge is 0.447 e. The molecule has 0 heterocycles. The van der Waals surface area contributed by atoms with Crippen molar-refractivity contribution >= 4 is 21.9 Å². The molecule has 1 atom stereocenters. The Balaban J connectivity index is 2.02. The number of aryl methyl sites for hydroxylation is 1. The molecule has 1 N–H and O–H groups in total. The highest BCUT2D eigenvalue weighted by atomic mass is 32.2. The van der Waals surface area contributed by atoms with Crippen LogP contribution >= 0.6 is 0 Å². The Labute approximate surface area is 165 Å². The summed E-state index contributed by atoms with van der Waals surface area (Å²) >= 11 is 0. The van der Waals surface area contributed by atoms with Crippen LogP contribution < -0.4 is 4.72 Å². The number of hydrogen-bond acceptors (Lipinski definition) is 5. The lowest BCUT2D eigenvalue weighted by atomic mass is 10.1. The number of nitrogens with zero attached hydrogens (tertiary/aromatic N) is 1. The summed E-state index contributed by atoms with van der Waals surface area (Å²) in [6.45, 7) is 0. The molecule has 7 nitrogen and oxygen atoms in total. The zero-order chi connectivity index (χ0) is 20.7. The van der Waals surface area contributed by atoms with Gasteiger partial charge in [0.05, 0.1) is 4.90 Å². The Kier molecular flexibility index (Phi) is 7.31. The van der Waals surface area contributed by atoms with E-state index >= 15 is 0 Å². The zero-order valence-electron chi connectivity index (χ0n) is 16.1. The van der Waals surface area contributed by atoms with Gasteiger partial charge in [-0.1, -0.05) is 42.5 Å². The van der Waals surface area contributed by atoms with E-state index in [1.807, 2.05) is 6.07 Å². The monoisotopic (exact) mass is 404 g/mol. The maximum atomic E-state index is 12.4. The average Bonchev–Trinajstić information content (AvgIpc) is 2.70. The van der Waals surface area contributed by atoms with Gasteiger partial charge < -0.3 is 9.64 Å². The van der Waals surface area contributed by atoms with E-state index in [1.54, 1.807) is 50.5 Å². The first-order valence-electron chi connectivity index (χ1n) is 8.72. The molecule has 0 aliphatic heterocycles. The molecule has 0 aliphatic carbocycles. The van der Waals surface area contributed by atoms with E-state index in [1.165, 1.54) is 24.1 Å². The third-order valence-corrected chi connectivity index (χ3v) is 5.57. The van der Waals surface area contributed by atoms with Crippen LogP contribution in [0.2, 0.25) is 0 Å². The highest BCUT2D eigenvalue weighted by Gasteiger charge is 2.26. The molecule has 0 aromatic heterocycles. The van der Waals surface area contributed by atoms with E-state index in [4.69, 9.17) is 4.74 Å². The average molecular weight is 404 g/mol. The van der Waals surface area contributed by atoms with Gasteiger partial charge in [0.15, 0.2) is 0 Å². The fraction of sp³-hybridized carbons (Fsp3) is 0.300. The lowest BCUT2D eigenvalue weighted by Gasteiger charge is -2.21. The zero-order valence-corrected chi connectivity index (χ0v) is 16.9. The molecule has 28 heavy (non-hydrogen) atoms. The molecule has 0 radical (unpaired) electrons. The number of esters is 1. The van der Waals surface area contributed by atoms with Gasteiger partial charge in [0.2, 0.25) is 16.1 Å². The van der Waals surface area contributed by atoms with Gasteiger partial charge in [-0.3, -0.25) is 9.59 Å². The number of carbonyl (C=O) groups excluding carboxylic acids is 2. The van der Waals surface area contributed by atoms with Gasteiger partial charge in [0.25, 0.3) is 5.91 Å². The van der Waals surface area contributed by atoms with Crippen LogP contribution in [0.25, 0.3) is 0 Å². The van der Waals surface area contributed by atoms with Crippen molar-refractivity contribution in [3.8, 4) is 0 Å². The quantitative estimate of drug-likeness (QED) is 0.679. The third-order valence-electron chi connectivity index (χ3n) is 4.14. The van der Waals surface area contributed by atoms with Crippen LogP contribution in [0.3, 0.4) is 0 Å². The second kappa shape index (κ2) is 9.48. The van der Waals surface area contributed by atoms with Gasteiger partial charge in [0.1, 0.15) is 0 Å². The highest BCUT2D eigenvalue weighted by Crippen LogP contribution is 2.20. The van der Waals surface area contributed by atoms with Gasteiger partial charge >= 0.3 is 5.97 Å². The van der Waals surface area contributed by atoms with Gasteiger partial charge in [-0.15, -0.1) is 0 Å². The molecule has 8 heteroatoms. The number of carbonyl (C=O) groups is 2. The fourth-order valence-corrected chi connectivity index (χ4v) is 3.24. The molecular weight excluding hydrogens is 380 g/mol. The Bertz CT molecular complexity index is 909. The molecule has 150 valence electrons. The number of likely N-dealkylation sites (N-methyl/N-ethyl adjacent to an activating group) is 1. The minimum Gasteiger partial charge on any atom is -0.447 e. The van der Waals surface area contributed by atoms with E-state index in [-0.39, 0.29) is 17.2 Å². The van der Waals surface area contributed by atoms with Crippen molar-refractivity contribution in [2.45, 2.75) is 23.8 Å². The molecule has 2 rings (SSSR count). The van der Waals surface area contributed by atoms with Gasteiger partial charge in [-0.25, -0.2) is 13.1 Å². The van der Waals surface area contributed by atoms with Crippen molar-refractivity contribution in [1.82, 2.24) is 9.62 Å². The second-order valence-electron chi connectivity index (χ2n) is 6.36. The summed E-state index contributed by atoms with van der Waals surface area (Å²) in [5.74, 6) is -0.822. The Morgan fingerprint density at radius 1 is 1.04 bits per heavy atom. The van der Waals surface area contributed by atoms with Crippen LogP contribution in [0, 0.1) is 0 Å². The van der Waals surface area contributed by atoms with Crippen molar-refractivity contribution < 1.29 is 22.7 Å². The Hall–Kier alpha value is -2.71. The van der Waals surface area contributed by atoms with Crippen LogP contribution in [-0.2, 0) is 30.8 Å². The summed E-state index contributed by atoms with van der Waals surface area (Å²) in [7, 11) is 1.06. The minimum absolute atomic E-state index is 0.0716. The summed E-state index contributed by atoms with van der Waals surface area (Å²) in [6.07, 6.45) is -0.551. The Morgan fingerprint density at radius 2 is 1.64 bits per heavy atom. The number of rotatable bonds is 8. The predicted octanol–water partition coefficient (Wildman–Crippen LogP) is 1.90. The second-order valence-corrected chi connectivity index (χ2v) is 8.25. The summed E-state index contributed by atoms with van der Waals surface area (Å²) in [5.41, 5.74) is 1.40. The first-order chi connectivity index (χ1) is 13.2. The van der Waals surface area contributed by atoms with Crippen LogP contribution in [-0.4, -0.2) is 46.3 Å². The molecule has 0 fully saturated rings. The molecule has 2 aromatic rings. The molecule has 0 saturated carbocycles. The lowest BCUT2D eigenvalue weighted by Crippen LogP contribution is -2.31. The van der Waals surface area contributed by atoms with Crippen molar-refractivity contribution in [2.75, 3.05) is 21.1 Å². The number of sulfonamides is 1. The molecule has 1 amide bonds. The van der Waals surface area contributed by atoms with E-state index in [0.717, 1.165) is 5.56 Å². The maximum Gasteiger partial charge on any atom is 0.307 e. The molecule has 0 bridgehead atoms. The van der Waals surface area contributed by atoms with E-state index in [0.29, 0.717) is 12.0 Å². The number of nitrogens with one attached hydrogen (secondary N) is 1. The SMILES string of the molecule is CNS(=O)(=O)c1ccc(CCC(=O)OC(C(=O)N(C)C)c2ccccc2)cc1. The fourth-order valence-electron chi connectivity index (χ4n) is 2.51. The molecule has 0 saturated heterocycles. The number of benzene rings is 2. The minimum atomic E-state index is -3.49. The Morgan fingerprint density at radius 3 is 2.18 bits per heavy atom. The van der Waals surface area contributed by atoms with E-state index < -0.39 is 22.1 Å². The molecule has 0 aliphatic rings. The van der Waals surface area contributed by atoms with Crippen LogP contribution in [0.1, 0.15) is 23.7 Å². The number of ether oxygens (including phenoxy) is 1. The predicted molar refractivity (Wildman–Crippen MR) is 105 cm³/mol. The molecule has 0 spiro atoms. The molecular formula is C20H24N2O5S. The third kappa shape index (κ3) is 5.64. The number of hydrogen-bond donors (Lipinski definition) is 1. The van der Waals surface area contributed by atoms with Crippen LogP contribution in [0.4, 0.5) is 0 Å². The normalized spacial score (nSPS) is 12.2. The van der Waals surface area contributed by atoms with Crippen molar-refractivity contribution in [3.05, 3.63) is 65.7 Å². The van der Waals surface area contributed by atoms with Gasteiger partial charge in [-0.2, -0.15) is 0 Å². The first kappa shape index (κ1) is 21.6. The molecule has 2 aromatic carbocycles. The summed E-state index contributed by atoms with van der Waals surface area (Å²) in [5, 5.41) is 0. The van der Waals surface area contributed by atoms with Crippen LogP contribution in [0.15, 0.2) is 59.5 Å². The summed E-state index contributed by atoms with van der Waals surface area (Å²) in [6, 6.07) is 15.1. The maximum absolute atomic E-state index is 12.4. The lowest BCUT2D eigenvalue weighted by molar-refractivity contribution is -0.159. The van der Waals surface area contributed by atoms with Crippen molar-refractivity contribution in [2.24, 2.45) is 0 Å². The molecule has 1 unspecified atom stereocenters.